The maximum atomic E-state index is 13.6. The SMILES string of the molecule is COCC(Cl)CN(C)S(=O)(=O)c1ccc(Cl)c(F)c1Cl. The first-order valence-corrected chi connectivity index (χ1v) is 8.08. The van der Waals surface area contributed by atoms with Crippen LogP contribution in [0.5, 0.6) is 0 Å². The van der Waals surface area contributed by atoms with E-state index >= 15 is 0 Å². The van der Waals surface area contributed by atoms with Crippen molar-refractivity contribution in [1.82, 2.24) is 4.31 Å². The summed E-state index contributed by atoms with van der Waals surface area (Å²) in [5.74, 6) is -0.970. The molecule has 1 aromatic rings. The Morgan fingerprint density at radius 2 is 2.00 bits per heavy atom. The lowest BCUT2D eigenvalue weighted by Crippen LogP contribution is -2.34. The molecule has 0 saturated heterocycles. The molecule has 0 radical (unpaired) electrons. The number of methoxy groups -OCH3 is 1. The number of hydrogen-bond acceptors (Lipinski definition) is 3. The lowest BCUT2D eigenvalue weighted by molar-refractivity contribution is 0.192. The summed E-state index contributed by atoms with van der Waals surface area (Å²) in [4.78, 5) is -0.357. The second-order valence-electron chi connectivity index (χ2n) is 4.01. The van der Waals surface area contributed by atoms with Crippen molar-refractivity contribution < 1.29 is 17.5 Å². The van der Waals surface area contributed by atoms with Crippen LogP contribution in [-0.2, 0) is 14.8 Å². The Bertz CT molecular complexity index is 583. The molecule has 20 heavy (non-hydrogen) atoms. The first kappa shape index (κ1) is 17.9. The molecule has 0 spiro atoms. The van der Waals surface area contributed by atoms with Crippen LogP contribution in [0, 0.1) is 5.82 Å². The number of nitrogens with zero attached hydrogens (tertiary/aromatic N) is 1. The predicted molar refractivity (Wildman–Crippen MR) is 77.8 cm³/mol. The van der Waals surface area contributed by atoms with Gasteiger partial charge in [0.2, 0.25) is 10.0 Å². The van der Waals surface area contributed by atoms with Crippen LogP contribution in [-0.4, -0.2) is 45.4 Å². The first-order valence-electron chi connectivity index (χ1n) is 5.44. The van der Waals surface area contributed by atoms with Gasteiger partial charge in [-0.05, 0) is 12.1 Å². The zero-order chi connectivity index (χ0) is 15.5. The van der Waals surface area contributed by atoms with Gasteiger partial charge in [0.15, 0.2) is 5.82 Å². The molecule has 0 aliphatic rings. The zero-order valence-electron chi connectivity index (χ0n) is 10.7. The van der Waals surface area contributed by atoms with Crippen LogP contribution in [0.15, 0.2) is 17.0 Å². The van der Waals surface area contributed by atoms with Crippen molar-refractivity contribution in [2.24, 2.45) is 0 Å². The van der Waals surface area contributed by atoms with Gasteiger partial charge in [-0.2, -0.15) is 4.31 Å². The smallest absolute Gasteiger partial charge is 0.244 e. The van der Waals surface area contributed by atoms with E-state index in [-0.39, 0.29) is 23.1 Å². The average Bonchev–Trinajstić information content (AvgIpc) is 2.35. The lowest BCUT2D eigenvalue weighted by atomic mass is 10.3. The van der Waals surface area contributed by atoms with Crippen molar-refractivity contribution >= 4 is 44.8 Å². The fraction of sp³-hybridized carbons (Fsp3) is 0.455. The van der Waals surface area contributed by atoms with Gasteiger partial charge in [-0.15, -0.1) is 11.6 Å². The summed E-state index contributed by atoms with van der Waals surface area (Å²) < 4.78 is 44.0. The van der Waals surface area contributed by atoms with E-state index in [9.17, 15) is 12.8 Å². The van der Waals surface area contributed by atoms with Crippen molar-refractivity contribution in [3.63, 3.8) is 0 Å². The van der Waals surface area contributed by atoms with Gasteiger partial charge in [0.05, 0.1) is 22.0 Å². The van der Waals surface area contributed by atoms with Gasteiger partial charge in [0, 0.05) is 20.7 Å². The molecule has 0 aromatic heterocycles. The minimum Gasteiger partial charge on any atom is -0.383 e. The van der Waals surface area contributed by atoms with E-state index in [2.05, 4.69) is 0 Å². The molecule has 0 N–H and O–H groups in total. The molecular weight excluding hydrogens is 352 g/mol. The number of rotatable bonds is 6. The summed E-state index contributed by atoms with van der Waals surface area (Å²) in [6.45, 7) is 0.183. The molecule has 4 nitrogen and oxygen atoms in total. The lowest BCUT2D eigenvalue weighted by Gasteiger charge is -2.20. The molecule has 9 heteroatoms. The quantitative estimate of drug-likeness (QED) is 0.576. The van der Waals surface area contributed by atoms with Gasteiger partial charge in [-0.3, -0.25) is 0 Å². The Morgan fingerprint density at radius 3 is 2.55 bits per heavy atom. The predicted octanol–water partition coefficient (Wildman–Crippen LogP) is 3.01. The minimum atomic E-state index is -3.96. The van der Waals surface area contributed by atoms with E-state index in [0.717, 1.165) is 16.4 Å². The topological polar surface area (TPSA) is 46.6 Å². The molecule has 0 saturated carbocycles. The summed E-state index contributed by atoms with van der Waals surface area (Å²) in [5, 5.41) is -1.32. The highest BCUT2D eigenvalue weighted by molar-refractivity contribution is 7.89. The van der Waals surface area contributed by atoms with Gasteiger partial charge in [-0.25, -0.2) is 12.8 Å². The standard InChI is InChI=1S/C11H13Cl3FNO3S/c1-16(5-7(12)6-19-2)20(17,18)9-4-3-8(13)11(15)10(9)14/h3-4,7H,5-6H2,1-2H3. The number of halogens is 4. The first-order chi connectivity index (χ1) is 9.21. The molecule has 0 aliphatic heterocycles. The van der Waals surface area contributed by atoms with E-state index in [1.165, 1.54) is 14.2 Å². The van der Waals surface area contributed by atoms with Crippen LogP contribution >= 0.6 is 34.8 Å². The third kappa shape index (κ3) is 3.96. The fourth-order valence-corrected chi connectivity index (χ4v) is 3.83. The Balaban J connectivity index is 3.08. The van der Waals surface area contributed by atoms with E-state index in [1.807, 2.05) is 0 Å². The molecule has 1 atom stereocenters. The largest absolute Gasteiger partial charge is 0.383 e. The van der Waals surface area contributed by atoms with Gasteiger partial charge < -0.3 is 4.74 Å². The van der Waals surface area contributed by atoms with Crippen LogP contribution < -0.4 is 0 Å². The molecule has 0 amide bonds. The van der Waals surface area contributed by atoms with E-state index in [4.69, 9.17) is 39.5 Å². The minimum absolute atomic E-state index is 0.00168. The van der Waals surface area contributed by atoms with Crippen LogP contribution in [0.3, 0.4) is 0 Å². The van der Waals surface area contributed by atoms with Crippen molar-refractivity contribution in [3.8, 4) is 0 Å². The molecule has 0 aliphatic carbocycles. The van der Waals surface area contributed by atoms with Crippen molar-refractivity contribution in [3.05, 3.63) is 28.0 Å². The highest BCUT2D eigenvalue weighted by atomic mass is 35.5. The summed E-state index contributed by atoms with van der Waals surface area (Å²) in [6.07, 6.45) is 0. The number of sulfonamides is 1. The summed E-state index contributed by atoms with van der Waals surface area (Å²) in [7, 11) is -1.18. The van der Waals surface area contributed by atoms with Gasteiger partial charge in [0.1, 0.15) is 4.90 Å². The normalized spacial score (nSPS) is 13.8. The molecule has 1 rings (SSSR count). The molecule has 0 bridgehead atoms. The fourth-order valence-electron chi connectivity index (χ4n) is 1.49. The summed E-state index contributed by atoms with van der Waals surface area (Å²) in [6, 6.07) is 2.29. The van der Waals surface area contributed by atoms with Crippen molar-refractivity contribution in [2.75, 3.05) is 27.3 Å². The van der Waals surface area contributed by atoms with Crippen LogP contribution in [0.4, 0.5) is 4.39 Å². The summed E-state index contributed by atoms with van der Waals surface area (Å²) >= 11 is 17.1. The van der Waals surface area contributed by atoms with E-state index in [0.29, 0.717) is 0 Å². The third-order valence-electron chi connectivity index (χ3n) is 2.49. The Kier molecular flexibility index (Phi) is 6.50. The Labute approximate surface area is 132 Å². The monoisotopic (exact) mass is 363 g/mol. The third-order valence-corrected chi connectivity index (χ3v) is 5.39. The maximum Gasteiger partial charge on any atom is 0.244 e. The molecule has 114 valence electrons. The van der Waals surface area contributed by atoms with Gasteiger partial charge >= 0.3 is 0 Å². The highest BCUT2D eigenvalue weighted by Crippen LogP contribution is 2.31. The van der Waals surface area contributed by atoms with Crippen molar-refractivity contribution in [1.29, 1.82) is 0 Å². The molecule has 0 fully saturated rings. The molecule has 1 aromatic carbocycles. The second-order valence-corrected chi connectivity index (χ2v) is 7.43. The molecule has 0 heterocycles. The van der Waals surface area contributed by atoms with E-state index < -0.39 is 26.2 Å². The second kappa shape index (κ2) is 7.24. The van der Waals surface area contributed by atoms with Crippen LogP contribution in [0.2, 0.25) is 10.0 Å². The number of ether oxygens (including phenoxy) is 1. The molecule has 1 unspecified atom stereocenters. The zero-order valence-corrected chi connectivity index (χ0v) is 13.8. The summed E-state index contributed by atoms with van der Waals surface area (Å²) in [5.41, 5.74) is 0. The number of benzene rings is 1. The van der Waals surface area contributed by atoms with Crippen LogP contribution in [0.1, 0.15) is 0 Å². The average molecular weight is 365 g/mol. The van der Waals surface area contributed by atoms with Gasteiger partial charge in [-0.1, -0.05) is 23.2 Å². The Hall–Kier alpha value is -0.110. The maximum absolute atomic E-state index is 13.6. The molecular formula is C11H13Cl3FNO3S. The number of alkyl halides is 1. The van der Waals surface area contributed by atoms with Crippen molar-refractivity contribution in [2.45, 2.75) is 10.3 Å². The van der Waals surface area contributed by atoms with E-state index in [1.54, 1.807) is 0 Å². The van der Waals surface area contributed by atoms with Crippen LogP contribution in [0.25, 0.3) is 0 Å². The number of hydrogen-bond donors (Lipinski definition) is 0. The Morgan fingerprint density at radius 1 is 1.40 bits per heavy atom. The highest BCUT2D eigenvalue weighted by Gasteiger charge is 2.27. The van der Waals surface area contributed by atoms with Gasteiger partial charge in [0.25, 0.3) is 0 Å².